The van der Waals surface area contributed by atoms with E-state index < -0.39 is 0 Å². The molecule has 0 bridgehead atoms. The quantitative estimate of drug-likeness (QED) is 0.706. The van der Waals surface area contributed by atoms with Crippen molar-refractivity contribution in [3.8, 4) is 0 Å². The molecule has 3 heterocycles. The average Bonchev–Trinajstić information content (AvgIpc) is 3.39. The molecule has 1 aromatic carbocycles. The fourth-order valence-electron chi connectivity index (χ4n) is 4.27. The van der Waals surface area contributed by atoms with Crippen LogP contribution in [-0.4, -0.2) is 64.0 Å². The van der Waals surface area contributed by atoms with Gasteiger partial charge < -0.3 is 9.64 Å². The molecule has 2 unspecified atom stereocenters. The Bertz CT molecular complexity index is 755. The Balaban J connectivity index is 1.44. The molecule has 2 aromatic rings. The smallest absolute Gasteiger partial charge is 0.168 e. The summed E-state index contributed by atoms with van der Waals surface area (Å²) in [6.07, 6.45) is 4.63. The van der Waals surface area contributed by atoms with Crippen LogP contribution in [0.5, 0.6) is 0 Å². The number of nitrogens with zero attached hydrogens (tertiary/aromatic N) is 6. The number of aromatic nitrogens is 4. The summed E-state index contributed by atoms with van der Waals surface area (Å²) < 4.78 is 7.76. The monoisotopic (exact) mass is 404 g/mol. The zero-order chi connectivity index (χ0) is 19.3. The van der Waals surface area contributed by atoms with E-state index >= 15 is 0 Å². The van der Waals surface area contributed by atoms with Crippen molar-refractivity contribution in [2.45, 2.75) is 51.3 Å². The van der Waals surface area contributed by atoms with E-state index in [1.54, 1.807) is 0 Å². The van der Waals surface area contributed by atoms with E-state index in [-0.39, 0.29) is 12.1 Å². The van der Waals surface area contributed by atoms with Gasteiger partial charge in [-0.1, -0.05) is 31.0 Å². The molecule has 2 aliphatic rings. The van der Waals surface area contributed by atoms with Crippen LogP contribution in [0.2, 0.25) is 5.02 Å². The van der Waals surface area contributed by atoms with Gasteiger partial charge in [0.25, 0.3) is 0 Å². The number of hydrogen-bond donors (Lipinski definition) is 0. The lowest BCUT2D eigenvalue weighted by atomic mass is 10.1. The molecule has 8 heteroatoms. The summed E-state index contributed by atoms with van der Waals surface area (Å²) in [7, 11) is 0. The van der Waals surface area contributed by atoms with Gasteiger partial charge in [0.05, 0.1) is 18.7 Å². The summed E-state index contributed by atoms with van der Waals surface area (Å²) in [6, 6.07) is 8.37. The van der Waals surface area contributed by atoms with E-state index in [0.29, 0.717) is 0 Å². The maximum absolute atomic E-state index is 6.17. The highest BCUT2D eigenvalue weighted by molar-refractivity contribution is 6.30. The third-order valence-corrected chi connectivity index (χ3v) is 5.98. The Hall–Kier alpha value is -1.70. The van der Waals surface area contributed by atoms with Gasteiger partial charge in [-0.2, -0.15) is 0 Å². The first-order valence-corrected chi connectivity index (χ1v) is 10.7. The summed E-state index contributed by atoms with van der Waals surface area (Å²) in [5, 5.41) is 13.5. The second kappa shape index (κ2) is 9.20. The second-order valence-corrected chi connectivity index (χ2v) is 8.10. The lowest BCUT2D eigenvalue weighted by Crippen LogP contribution is -2.48. The maximum atomic E-state index is 6.17. The van der Waals surface area contributed by atoms with Crippen molar-refractivity contribution in [1.82, 2.24) is 25.1 Å². The van der Waals surface area contributed by atoms with Crippen molar-refractivity contribution in [2.75, 3.05) is 37.7 Å². The Morgan fingerprint density at radius 1 is 1.25 bits per heavy atom. The molecule has 0 amide bonds. The van der Waals surface area contributed by atoms with E-state index in [4.69, 9.17) is 16.3 Å². The van der Waals surface area contributed by atoms with Crippen LogP contribution >= 0.6 is 11.6 Å². The molecular weight excluding hydrogens is 376 g/mol. The third kappa shape index (κ3) is 4.47. The first-order chi connectivity index (χ1) is 13.7. The predicted molar refractivity (Wildman–Crippen MR) is 110 cm³/mol. The molecule has 0 aliphatic carbocycles. The van der Waals surface area contributed by atoms with E-state index in [1.807, 2.05) is 22.9 Å². The number of piperazine rings is 1. The van der Waals surface area contributed by atoms with Gasteiger partial charge in [0.2, 0.25) is 0 Å². The average molecular weight is 405 g/mol. The van der Waals surface area contributed by atoms with E-state index in [9.17, 15) is 0 Å². The van der Waals surface area contributed by atoms with Gasteiger partial charge in [-0.15, -0.1) is 5.10 Å². The van der Waals surface area contributed by atoms with E-state index in [0.717, 1.165) is 75.9 Å². The minimum atomic E-state index is 0.240. The Morgan fingerprint density at radius 3 is 2.82 bits per heavy atom. The van der Waals surface area contributed by atoms with Gasteiger partial charge in [-0.3, -0.25) is 4.90 Å². The Kier molecular flexibility index (Phi) is 6.44. The molecule has 1 aromatic heterocycles. The number of ether oxygens (including phenoxy) is 1. The SMILES string of the molecule is CCCC(c1nnnn1CC1CCCO1)N1CCN(c2cccc(Cl)c2)CC1. The van der Waals surface area contributed by atoms with E-state index in [1.165, 1.54) is 5.69 Å². The minimum Gasteiger partial charge on any atom is -0.376 e. The molecular formula is C20H29ClN6O. The van der Waals surface area contributed by atoms with Crippen LogP contribution in [0, 0.1) is 0 Å². The summed E-state index contributed by atoms with van der Waals surface area (Å²) in [5.74, 6) is 0.980. The highest BCUT2D eigenvalue weighted by Gasteiger charge is 2.29. The largest absolute Gasteiger partial charge is 0.376 e. The molecule has 152 valence electrons. The summed E-state index contributed by atoms with van der Waals surface area (Å²) >= 11 is 6.17. The Labute approximate surface area is 171 Å². The number of anilines is 1. The first-order valence-electron chi connectivity index (χ1n) is 10.4. The zero-order valence-electron chi connectivity index (χ0n) is 16.5. The normalized spacial score (nSPS) is 21.9. The molecule has 0 radical (unpaired) electrons. The molecule has 0 spiro atoms. The van der Waals surface area contributed by atoms with Crippen molar-refractivity contribution >= 4 is 17.3 Å². The second-order valence-electron chi connectivity index (χ2n) is 7.66. The zero-order valence-corrected chi connectivity index (χ0v) is 17.3. The van der Waals surface area contributed by atoms with Crippen LogP contribution in [0.3, 0.4) is 0 Å². The molecule has 2 fully saturated rings. The Morgan fingerprint density at radius 2 is 2.11 bits per heavy atom. The molecule has 2 atom stereocenters. The number of benzene rings is 1. The first kappa shape index (κ1) is 19.6. The summed E-state index contributed by atoms with van der Waals surface area (Å²) in [4.78, 5) is 4.93. The van der Waals surface area contributed by atoms with Crippen LogP contribution < -0.4 is 4.90 Å². The van der Waals surface area contributed by atoms with Gasteiger partial charge in [0.15, 0.2) is 5.82 Å². The standard InChI is InChI=1S/C20H29ClN6O/c1-2-5-19(20-22-23-24-27(20)15-18-8-4-13-28-18)26-11-9-25(10-12-26)17-7-3-6-16(21)14-17/h3,6-7,14,18-19H,2,4-5,8-13,15H2,1H3. The van der Waals surface area contributed by atoms with Gasteiger partial charge >= 0.3 is 0 Å². The molecule has 28 heavy (non-hydrogen) atoms. The fraction of sp³-hybridized carbons (Fsp3) is 0.650. The van der Waals surface area contributed by atoms with Crippen LogP contribution in [0.25, 0.3) is 0 Å². The molecule has 2 saturated heterocycles. The molecule has 7 nitrogen and oxygen atoms in total. The van der Waals surface area contributed by atoms with Crippen LogP contribution in [-0.2, 0) is 11.3 Å². The number of tetrazole rings is 1. The van der Waals surface area contributed by atoms with E-state index in [2.05, 4.69) is 38.3 Å². The summed E-state index contributed by atoms with van der Waals surface area (Å²) in [5.41, 5.74) is 1.20. The number of rotatable bonds is 7. The van der Waals surface area contributed by atoms with Gasteiger partial charge in [-0.25, -0.2) is 4.68 Å². The van der Waals surface area contributed by atoms with Crippen molar-refractivity contribution < 1.29 is 4.74 Å². The van der Waals surface area contributed by atoms with Crippen molar-refractivity contribution in [1.29, 1.82) is 0 Å². The molecule has 0 saturated carbocycles. The number of hydrogen-bond acceptors (Lipinski definition) is 6. The third-order valence-electron chi connectivity index (χ3n) is 5.75. The lowest BCUT2D eigenvalue weighted by Gasteiger charge is -2.39. The van der Waals surface area contributed by atoms with Gasteiger partial charge in [-0.05, 0) is 47.9 Å². The fourth-order valence-corrected chi connectivity index (χ4v) is 4.46. The minimum absolute atomic E-state index is 0.240. The molecule has 4 rings (SSSR count). The molecule has 2 aliphatic heterocycles. The van der Waals surface area contributed by atoms with Crippen molar-refractivity contribution in [3.05, 3.63) is 35.1 Å². The van der Waals surface area contributed by atoms with Crippen molar-refractivity contribution in [2.24, 2.45) is 0 Å². The predicted octanol–water partition coefficient (Wildman–Crippen LogP) is 3.17. The number of halogens is 1. The van der Waals surface area contributed by atoms with Gasteiger partial charge in [0, 0.05) is 43.5 Å². The van der Waals surface area contributed by atoms with Crippen LogP contribution in [0.1, 0.15) is 44.5 Å². The summed E-state index contributed by atoms with van der Waals surface area (Å²) in [6.45, 7) is 7.77. The highest BCUT2D eigenvalue weighted by Crippen LogP contribution is 2.28. The topological polar surface area (TPSA) is 59.3 Å². The van der Waals surface area contributed by atoms with Crippen molar-refractivity contribution in [3.63, 3.8) is 0 Å². The van der Waals surface area contributed by atoms with Crippen LogP contribution in [0.15, 0.2) is 24.3 Å². The van der Waals surface area contributed by atoms with Gasteiger partial charge in [0.1, 0.15) is 0 Å². The lowest BCUT2D eigenvalue weighted by molar-refractivity contribution is 0.0891. The maximum Gasteiger partial charge on any atom is 0.168 e. The molecule has 0 N–H and O–H groups in total. The van der Waals surface area contributed by atoms with Crippen LogP contribution in [0.4, 0.5) is 5.69 Å². The highest BCUT2D eigenvalue weighted by atomic mass is 35.5.